The molecule has 0 atom stereocenters. The van der Waals surface area contributed by atoms with Crippen LogP contribution in [0.15, 0.2) is 47.6 Å². The van der Waals surface area contributed by atoms with E-state index >= 15 is 0 Å². The fraction of sp³-hybridized carbons (Fsp3) is 0.267. The highest BCUT2D eigenvalue weighted by molar-refractivity contribution is 7.92. The summed E-state index contributed by atoms with van der Waals surface area (Å²) in [5.41, 5.74) is 2.43. The van der Waals surface area contributed by atoms with Gasteiger partial charge in [0.1, 0.15) is 0 Å². The Kier molecular flexibility index (Phi) is 4.85. The molecule has 0 fully saturated rings. The summed E-state index contributed by atoms with van der Waals surface area (Å²) in [6.45, 7) is 4.06. The number of aryl methyl sites for hydroxylation is 1. The Morgan fingerprint density at radius 3 is 2.52 bits per heavy atom. The van der Waals surface area contributed by atoms with Gasteiger partial charge in [0.05, 0.1) is 5.69 Å². The third-order valence-corrected chi connectivity index (χ3v) is 5.21. The van der Waals surface area contributed by atoms with Gasteiger partial charge in [-0.2, -0.15) is 8.42 Å². The lowest BCUT2D eigenvalue weighted by molar-refractivity contribution is 0.588. The second-order valence-electron chi connectivity index (χ2n) is 4.65. The molecule has 0 aliphatic heterocycles. The number of rotatable bonds is 5. The third kappa shape index (κ3) is 3.36. The van der Waals surface area contributed by atoms with Gasteiger partial charge in [0, 0.05) is 18.6 Å². The SMILES string of the molecule is CCN(c1cccc(C)c1)S(=O)(=O)c1ccc(CCl)cn1. The van der Waals surface area contributed by atoms with Gasteiger partial charge in [-0.3, -0.25) is 4.31 Å². The maximum absolute atomic E-state index is 12.7. The molecule has 0 amide bonds. The largest absolute Gasteiger partial charge is 0.281 e. The monoisotopic (exact) mass is 324 g/mol. The summed E-state index contributed by atoms with van der Waals surface area (Å²) in [6.07, 6.45) is 1.49. The highest BCUT2D eigenvalue weighted by atomic mass is 35.5. The number of benzene rings is 1. The molecule has 0 radical (unpaired) electrons. The number of hydrogen-bond donors (Lipinski definition) is 0. The molecule has 0 N–H and O–H groups in total. The van der Waals surface area contributed by atoms with Gasteiger partial charge in [-0.1, -0.05) is 18.2 Å². The van der Waals surface area contributed by atoms with Crippen molar-refractivity contribution in [3.05, 3.63) is 53.7 Å². The maximum Gasteiger partial charge on any atom is 0.281 e. The van der Waals surface area contributed by atoms with Crippen molar-refractivity contribution in [1.82, 2.24) is 4.98 Å². The lowest BCUT2D eigenvalue weighted by Crippen LogP contribution is -2.31. The van der Waals surface area contributed by atoms with Crippen LogP contribution in [-0.2, 0) is 15.9 Å². The van der Waals surface area contributed by atoms with Gasteiger partial charge < -0.3 is 0 Å². The smallest absolute Gasteiger partial charge is 0.265 e. The van der Waals surface area contributed by atoms with Crippen LogP contribution < -0.4 is 4.31 Å². The van der Waals surface area contributed by atoms with Crippen molar-refractivity contribution in [2.45, 2.75) is 24.8 Å². The predicted molar refractivity (Wildman–Crippen MR) is 85.2 cm³/mol. The Morgan fingerprint density at radius 2 is 2.00 bits per heavy atom. The van der Waals surface area contributed by atoms with Crippen LogP contribution in [0.1, 0.15) is 18.1 Å². The number of halogens is 1. The standard InChI is InChI=1S/C15H17ClN2O2S/c1-3-18(14-6-4-5-12(2)9-14)21(19,20)15-8-7-13(10-16)11-17-15/h4-9,11H,3,10H2,1-2H3. The van der Waals surface area contributed by atoms with Crippen molar-refractivity contribution in [2.75, 3.05) is 10.8 Å². The highest BCUT2D eigenvalue weighted by Gasteiger charge is 2.24. The van der Waals surface area contributed by atoms with E-state index in [-0.39, 0.29) is 5.03 Å². The third-order valence-electron chi connectivity index (χ3n) is 3.08. The average molecular weight is 325 g/mol. The van der Waals surface area contributed by atoms with Crippen LogP contribution >= 0.6 is 11.6 Å². The average Bonchev–Trinajstić information content (AvgIpc) is 2.48. The van der Waals surface area contributed by atoms with Crippen LogP contribution in [-0.4, -0.2) is 19.9 Å². The van der Waals surface area contributed by atoms with Crippen molar-refractivity contribution in [1.29, 1.82) is 0 Å². The van der Waals surface area contributed by atoms with Gasteiger partial charge in [-0.15, -0.1) is 11.6 Å². The molecule has 1 heterocycles. The van der Waals surface area contributed by atoms with Crippen molar-refractivity contribution in [3.8, 4) is 0 Å². The topological polar surface area (TPSA) is 50.3 Å². The Hall–Kier alpha value is -1.59. The van der Waals surface area contributed by atoms with Crippen LogP contribution in [0, 0.1) is 6.92 Å². The second kappa shape index (κ2) is 6.45. The second-order valence-corrected chi connectivity index (χ2v) is 6.72. The molecule has 21 heavy (non-hydrogen) atoms. The van der Waals surface area contributed by atoms with Crippen LogP contribution in [0.3, 0.4) is 0 Å². The quantitative estimate of drug-likeness (QED) is 0.792. The molecule has 2 rings (SSSR count). The van der Waals surface area contributed by atoms with Gasteiger partial charge in [0.2, 0.25) is 0 Å². The molecule has 0 saturated heterocycles. The first kappa shape index (κ1) is 15.8. The van der Waals surface area contributed by atoms with E-state index in [0.717, 1.165) is 11.1 Å². The zero-order valence-electron chi connectivity index (χ0n) is 12.0. The number of pyridine rings is 1. The van der Waals surface area contributed by atoms with Gasteiger partial charge in [-0.05, 0) is 43.2 Å². The molecule has 4 nitrogen and oxygen atoms in total. The minimum Gasteiger partial charge on any atom is -0.265 e. The molecule has 1 aromatic carbocycles. The van der Waals surface area contributed by atoms with Crippen molar-refractivity contribution in [3.63, 3.8) is 0 Å². The molecule has 0 aliphatic rings. The summed E-state index contributed by atoms with van der Waals surface area (Å²) >= 11 is 5.70. The normalized spacial score (nSPS) is 11.4. The number of nitrogens with zero attached hydrogens (tertiary/aromatic N) is 2. The lowest BCUT2D eigenvalue weighted by atomic mass is 10.2. The van der Waals surface area contributed by atoms with E-state index < -0.39 is 10.0 Å². The molecule has 0 unspecified atom stereocenters. The van der Waals surface area contributed by atoms with Gasteiger partial charge in [0.25, 0.3) is 10.0 Å². The first-order valence-corrected chi connectivity index (χ1v) is 8.56. The number of sulfonamides is 1. The van der Waals surface area contributed by atoms with Gasteiger partial charge in [0.15, 0.2) is 5.03 Å². The fourth-order valence-electron chi connectivity index (χ4n) is 2.03. The molecule has 0 spiro atoms. The zero-order chi connectivity index (χ0) is 15.5. The van der Waals surface area contributed by atoms with E-state index in [1.54, 1.807) is 19.1 Å². The van der Waals surface area contributed by atoms with E-state index in [9.17, 15) is 8.42 Å². The molecule has 0 bridgehead atoms. The van der Waals surface area contributed by atoms with E-state index in [4.69, 9.17) is 11.6 Å². The van der Waals surface area contributed by atoms with E-state index in [0.29, 0.717) is 18.1 Å². The van der Waals surface area contributed by atoms with Gasteiger partial charge in [-0.25, -0.2) is 4.98 Å². The number of aromatic nitrogens is 1. The van der Waals surface area contributed by atoms with E-state index in [2.05, 4.69) is 4.98 Å². The molecule has 112 valence electrons. The number of alkyl halides is 1. The summed E-state index contributed by atoms with van der Waals surface area (Å²) in [5, 5.41) is 0.0275. The summed E-state index contributed by atoms with van der Waals surface area (Å²) in [4.78, 5) is 4.02. The molecule has 0 saturated carbocycles. The Bertz CT molecular complexity index is 715. The van der Waals surface area contributed by atoms with Crippen LogP contribution in [0.5, 0.6) is 0 Å². The van der Waals surface area contributed by atoms with Crippen LogP contribution in [0.4, 0.5) is 5.69 Å². The van der Waals surface area contributed by atoms with Crippen LogP contribution in [0.25, 0.3) is 0 Å². The minimum atomic E-state index is -3.67. The fourth-order valence-corrected chi connectivity index (χ4v) is 3.57. The first-order chi connectivity index (χ1) is 9.98. The van der Waals surface area contributed by atoms with Crippen LogP contribution in [0.2, 0.25) is 0 Å². The molecule has 6 heteroatoms. The molecular weight excluding hydrogens is 308 g/mol. The number of anilines is 1. The first-order valence-electron chi connectivity index (χ1n) is 6.59. The number of hydrogen-bond acceptors (Lipinski definition) is 3. The summed E-state index contributed by atoms with van der Waals surface area (Å²) in [6, 6.07) is 10.6. The summed E-state index contributed by atoms with van der Waals surface area (Å²) in [7, 11) is -3.67. The van der Waals surface area contributed by atoms with E-state index in [1.807, 2.05) is 25.1 Å². The Morgan fingerprint density at radius 1 is 1.24 bits per heavy atom. The van der Waals surface area contributed by atoms with Gasteiger partial charge >= 0.3 is 0 Å². The maximum atomic E-state index is 12.7. The van der Waals surface area contributed by atoms with Crippen molar-refractivity contribution in [2.24, 2.45) is 0 Å². The Labute approximate surface area is 130 Å². The molecular formula is C15H17ClN2O2S. The summed E-state index contributed by atoms with van der Waals surface area (Å²) < 4.78 is 26.8. The molecule has 2 aromatic rings. The molecule has 0 aliphatic carbocycles. The highest BCUT2D eigenvalue weighted by Crippen LogP contribution is 2.23. The molecule has 1 aromatic heterocycles. The summed E-state index contributed by atoms with van der Waals surface area (Å²) in [5.74, 6) is 0.308. The van der Waals surface area contributed by atoms with Crippen molar-refractivity contribution >= 4 is 27.3 Å². The predicted octanol–water partition coefficient (Wildman–Crippen LogP) is 3.34. The van der Waals surface area contributed by atoms with E-state index in [1.165, 1.54) is 16.6 Å². The minimum absolute atomic E-state index is 0.0275. The van der Waals surface area contributed by atoms with Crippen molar-refractivity contribution < 1.29 is 8.42 Å². The zero-order valence-corrected chi connectivity index (χ0v) is 13.5. The lowest BCUT2D eigenvalue weighted by Gasteiger charge is -2.22. The Balaban J connectivity index is 2.44.